The van der Waals surface area contributed by atoms with E-state index in [0.717, 1.165) is 11.3 Å². The van der Waals surface area contributed by atoms with Crippen molar-refractivity contribution in [2.24, 2.45) is 11.5 Å². The molecular formula is C10H14N4. The first-order valence-corrected chi connectivity index (χ1v) is 4.57. The van der Waals surface area contributed by atoms with Gasteiger partial charge in [0.1, 0.15) is 5.65 Å². The first-order chi connectivity index (χ1) is 6.65. The lowest BCUT2D eigenvalue weighted by molar-refractivity contribution is 0.488. The minimum Gasteiger partial charge on any atom is -0.328 e. The molecule has 0 aliphatic rings. The van der Waals surface area contributed by atoms with Crippen molar-refractivity contribution in [1.82, 2.24) is 9.38 Å². The summed E-state index contributed by atoms with van der Waals surface area (Å²) in [5.41, 5.74) is 13.0. The quantitative estimate of drug-likeness (QED) is 0.723. The van der Waals surface area contributed by atoms with Crippen molar-refractivity contribution in [3.63, 3.8) is 0 Å². The van der Waals surface area contributed by atoms with Crippen LogP contribution in [0.3, 0.4) is 0 Å². The summed E-state index contributed by atoms with van der Waals surface area (Å²) in [6.07, 6.45) is 3.72. The summed E-state index contributed by atoms with van der Waals surface area (Å²) >= 11 is 0. The highest BCUT2D eigenvalue weighted by atomic mass is 15.0. The van der Waals surface area contributed by atoms with Crippen LogP contribution in [0.4, 0.5) is 0 Å². The molecule has 2 heterocycles. The van der Waals surface area contributed by atoms with Crippen LogP contribution in [0.15, 0.2) is 30.6 Å². The Morgan fingerprint density at radius 1 is 1.50 bits per heavy atom. The molecule has 0 amide bonds. The maximum atomic E-state index is 6.06. The van der Waals surface area contributed by atoms with Crippen molar-refractivity contribution in [2.45, 2.75) is 12.5 Å². The molecule has 0 radical (unpaired) electrons. The Morgan fingerprint density at radius 3 is 3.00 bits per heavy atom. The minimum absolute atomic E-state index is 0.398. The van der Waals surface area contributed by atoms with Gasteiger partial charge < -0.3 is 15.9 Å². The molecule has 1 unspecified atom stereocenters. The molecule has 0 aliphatic heterocycles. The van der Waals surface area contributed by atoms with Crippen LogP contribution in [0.5, 0.6) is 0 Å². The van der Waals surface area contributed by atoms with E-state index in [4.69, 9.17) is 11.5 Å². The number of aromatic nitrogens is 2. The van der Waals surface area contributed by atoms with Crippen LogP contribution < -0.4 is 11.5 Å². The van der Waals surface area contributed by atoms with E-state index in [2.05, 4.69) is 4.98 Å². The number of hydrogen-bond donors (Lipinski definition) is 2. The number of rotatable bonds is 2. The Balaban J connectivity index is 2.64. The number of hydrogen-bond acceptors (Lipinski definition) is 3. The van der Waals surface area contributed by atoms with Crippen LogP contribution in [0, 0.1) is 0 Å². The van der Waals surface area contributed by atoms with Gasteiger partial charge in [-0.25, -0.2) is 4.98 Å². The van der Waals surface area contributed by atoms with Crippen molar-refractivity contribution in [3.8, 4) is 0 Å². The first kappa shape index (κ1) is 9.18. The lowest BCUT2D eigenvalue weighted by Gasteiger charge is -2.21. The molecule has 2 aromatic rings. The molecule has 0 aromatic carbocycles. The van der Waals surface area contributed by atoms with E-state index in [0.29, 0.717) is 6.54 Å². The van der Waals surface area contributed by atoms with Crippen LogP contribution in [-0.4, -0.2) is 15.9 Å². The Morgan fingerprint density at radius 2 is 2.29 bits per heavy atom. The number of nitrogens with two attached hydrogens (primary N) is 2. The van der Waals surface area contributed by atoms with E-state index < -0.39 is 5.54 Å². The Kier molecular flexibility index (Phi) is 2.02. The van der Waals surface area contributed by atoms with Gasteiger partial charge in [0.25, 0.3) is 0 Å². The molecule has 0 spiro atoms. The smallest absolute Gasteiger partial charge is 0.136 e. The average molecular weight is 190 g/mol. The van der Waals surface area contributed by atoms with Gasteiger partial charge >= 0.3 is 0 Å². The second kappa shape index (κ2) is 3.08. The molecule has 0 aliphatic carbocycles. The number of nitrogens with zero attached hydrogens (tertiary/aromatic N) is 2. The Bertz CT molecular complexity index is 444. The van der Waals surface area contributed by atoms with Crippen LogP contribution >= 0.6 is 0 Å². The predicted molar refractivity (Wildman–Crippen MR) is 55.8 cm³/mol. The fraction of sp³-hybridized carbons (Fsp3) is 0.300. The molecule has 74 valence electrons. The molecule has 0 saturated heterocycles. The highest BCUT2D eigenvalue weighted by Crippen LogP contribution is 2.17. The molecule has 0 saturated carbocycles. The van der Waals surface area contributed by atoms with Gasteiger partial charge in [0.15, 0.2) is 0 Å². The Labute approximate surface area is 82.5 Å². The van der Waals surface area contributed by atoms with Gasteiger partial charge in [-0.2, -0.15) is 0 Å². The third kappa shape index (κ3) is 1.29. The summed E-state index contributed by atoms with van der Waals surface area (Å²) in [6.45, 7) is 2.30. The highest BCUT2D eigenvalue weighted by Gasteiger charge is 2.22. The third-order valence-electron chi connectivity index (χ3n) is 2.43. The van der Waals surface area contributed by atoms with Gasteiger partial charge in [0, 0.05) is 12.7 Å². The number of imidazole rings is 1. The molecule has 4 nitrogen and oxygen atoms in total. The zero-order valence-corrected chi connectivity index (χ0v) is 8.14. The van der Waals surface area contributed by atoms with Crippen LogP contribution in [0.25, 0.3) is 5.65 Å². The van der Waals surface area contributed by atoms with Gasteiger partial charge in [-0.1, -0.05) is 6.07 Å². The Hall–Kier alpha value is -1.39. The summed E-state index contributed by atoms with van der Waals surface area (Å²) in [7, 11) is 0. The van der Waals surface area contributed by atoms with Crippen molar-refractivity contribution in [1.29, 1.82) is 0 Å². The van der Waals surface area contributed by atoms with Crippen molar-refractivity contribution < 1.29 is 0 Å². The second-order valence-electron chi connectivity index (χ2n) is 3.69. The number of fused-ring (bicyclic) bond motifs is 1. The normalized spacial score (nSPS) is 15.6. The summed E-state index contributed by atoms with van der Waals surface area (Å²) in [4.78, 5) is 4.26. The fourth-order valence-electron chi connectivity index (χ4n) is 1.46. The molecular weight excluding hydrogens is 176 g/mol. The lowest BCUT2D eigenvalue weighted by Crippen LogP contribution is -2.41. The minimum atomic E-state index is -0.527. The van der Waals surface area contributed by atoms with Crippen molar-refractivity contribution >= 4 is 5.65 Å². The van der Waals surface area contributed by atoms with Crippen LogP contribution in [0.1, 0.15) is 12.6 Å². The molecule has 0 fully saturated rings. The molecule has 4 heteroatoms. The van der Waals surface area contributed by atoms with E-state index >= 15 is 0 Å². The summed E-state index contributed by atoms with van der Waals surface area (Å²) in [5, 5.41) is 0. The zero-order chi connectivity index (χ0) is 10.2. The maximum Gasteiger partial charge on any atom is 0.136 e. The fourth-order valence-corrected chi connectivity index (χ4v) is 1.46. The molecule has 0 bridgehead atoms. The monoisotopic (exact) mass is 190 g/mol. The third-order valence-corrected chi connectivity index (χ3v) is 2.43. The standard InChI is InChI=1S/C10H14N4/c1-10(12,7-11)8-6-13-9-4-2-3-5-14(8)9/h2-6H,7,11-12H2,1H3. The van der Waals surface area contributed by atoms with E-state index in [1.54, 1.807) is 6.20 Å². The topological polar surface area (TPSA) is 69.3 Å². The van der Waals surface area contributed by atoms with Gasteiger partial charge in [-0.15, -0.1) is 0 Å². The zero-order valence-electron chi connectivity index (χ0n) is 8.14. The SMILES string of the molecule is CC(N)(CN)c1cnc2ccccn12. The van der Waals surface area contributed by atoms with E-state index in [1.165, 1.54) is 0 Å². The van der Waals surface area contributed by atoms with Crippen LogP contribution in [-0.2, 0) is 5.54 Å². The average Bonchev–Trinajstić information content (AvgIpc) is 2.61. The maximum absolute atomic E-state index is 6.06. The summed E-state index contributed by atoms with van der Waals surface area (Å²) in [6, 6.07) is 5.84. The molecule has 14 heavy (non-hydrogen) atoms. The van der Waals surface area contributed by atoms with E-state index in [9.17, 15) is 0 Å². The molecule has 1 atom stereocenters. The second-order valence-corrected chi connectivity index (χ2v) is 3.69. The molecule has 2 rings (SSSR count). The van der Waals surface area contributed by atoms with Crippen molar-refractivity contribution in [3.05, 3.63) is 36.3 Å². The summed E-state index contributed by atoms with van der Waals surface area (Å²) in [5.74, 6) is 0. The van der Waals surface area contributed by atoms with Gasteiger partial charge in [-0.05, 0) is 19.1 Å². The van der Waals surface area contributed by atoms with E-state index in [-0.39, 0.29) is 0 Å². The van der Waals surface area contributed by atoms with Crippen LogP contribution in [0.2, 0.25) is 0 Å². The first-order valence-electron chi connectivity index (χ1n) is 4.57. The van der Waals surface area contributed by atoms with Gasteiger partial charge in [-0.3, -0.25) is 0 Å². The van der Waals surface area contributed by atoms with E-state index in [1.807, 2.05) is 35.7 Å². The number of pyridine rings is 1. The molecule has 2 aromatic heterocycles. The van der Waals surface area contributed by atoms with Gasteiger partial charge in [0.05, 0.1) is 17.4 Å². The lowest BCUT2D eigenvalue weighted by atomic mass is 10.0. The highest BCUT2D eigenvalue weighted by molar-refractivity contribution is 5.41. The molecule has 4 N–H and O–H groups in total. The van der Waals surface area contributed by atoms with Crippen molar-refractivity contribution in [2.75, 3.05) is 6.54 Å². The summed E-state index contributed by atoms with van der Waals surface area (Å²) < 4.78 is 1.97. The predicted octanol–water partition coefficient (Wildman–Crippen LogP) is 0.467. The largest absolute Gasteiger partial charge is 0.328 e. The van der Waals surface area contributed by atoms with Gasteiger partial charge in [0.2, 0.25) is 0 Å².